The van der Waals surface area contributed by atoms with Gasteiger partial charge in [0.1, 0.15) is 5.58 Å². The summed E-state index contributed by atoms with van der Waals surface area (Å²) in [7, 11) is 0. The Hall–Kier alpha value is -2.07. The van der Waals surface area contributed by atoms with Crippen molar-refractivity contribution in [1.29, 1.82) is 0 Å². The Morgan fingerprint density at radius 3 is 2.63 bits per heavy atom. The van der Waals surface area contributed by atoms with Crippen molar-refractivity contribution in [1.82, 2.24) is 0 Å². The van der Waals surface area contributed by atoms with Gasteiger partial charge in [-0.05, 0) is 36.4 Å². The van der Waals surface area contributed by atoms with Crippen molar-refractivity contribution in [3.05, 3.63) is 64.8 Å². The maximum Gasteiger partial charge on any atom is 0.291 e. The molecule has 0 saturated carbocycles. The lowest BCUT2D eigenvalue weighted by molar-refractivity contribution is 0.0998. The third kappa shape index (κ3) is 2.53. The van der Waals surface area contributed by atoms with Gasteiger partial charge < -0.3 is 9.73 Å². The first-order valence-electron chi connectivity index (χ1n) is 5.78. The van der Waals surface area contributed by atoms with Crippen LogP contribution in [0.5, 0.6) is 0 Å². The van der Waals surface area contributed by atoms with Crippen molar-refractivity contribution in [3.63, 3.8) is 0 Å². The fourth-order valence-electron chi connectivity index (χ4n) is 1.83. The fourth-order valence-corrected chi connectivity index (χ4v) is 2.17. The van der Waals surface area contributed by atoms with E-state index in [1.165, 1.54) is 0 Å². The number of amides is 1. The third-order valence-electron chi connectivity index (χ3n) is 2.74. The van der Waals surface area contributed by atoms with Gasteiger partial charge in [-0.25, -0.2) is 0 Å². The van der Waals surface area contributed by atoms with Crippen LogP contribution in [0.2, 0.25) is 0 Å². The highest BCUT2D eigenvalue weighted by molar-refractivity contribution is 9.10. The van der Waals surface area contributed by atoms with Crippen molar-refractivity contribution < 1.29 is 9.21 Å². The highest BCUT2D eigenvalue weighted by Gasteiger charge is 2.12. The van der Waals surface area contributed by atoms with Gasteiger partial charge in [0.15, 0.2) is 5.76 Å². The molecule has 3 rings (SSSR count). The SMILES string of the molecule is O=C(Nc1ccccc1)c1cc2ccc(Br)cc2o1. The van der Waals surface area contributed by atoms with E-state index < -0.39 is 0 Å². The average molecular weight is 316 g/mol. The second kappa shape index (κ2) is 4.90. The zero-order chi connectivity index (χ0) is 13.2. The fraction of sp³-hybridized carbons (Fsp3) is 0. The van der Waals surface area contributed by atoms with E-state index >= 15 is 0 Å². The Morgan fingerprint density at radius 1 is 1.05 bits per heavy atom. The maximum absolute atomic E-state index is 12.1. The molecule has 3 nitrogen and oxygen atoms in total. The predicted molar refractivity (Wildman–Crippen MR) is 78.3 cm³/mol. The number of hydrogen-bond acceptors (Lipinski definition) is 2. The number of carbonyl (C=O) groups excluding carboxylic acids is 1. The molecule has 94 valence electrons. The van der Waals surface area contributed by atoms with E-state index in [1.807, 2.05) is 48.5 Å². The van der Waals surface area contributed by atoms with Crippen LogP contribution in [0, 0.1) is 0 Å². The molecule has 0 aliphatic carbocycles. The largest absolute Gasteiger partial charge is 0.451 e. The van der Waals surface area contributed by atoms with E-state index in [2.05, 4.69) is 21.2 Å². The van der Waals surface area contributed by atoms with E-state index in [9.17, 15) is 4.79 Å². The number of carbonyl (C=O) groups is 1. The van der Waals surface area contributed by atoms with Gasteiger partial charge >= 0.3 is 0 Å². The first kappa shape index (κ1) is 12.0. The third-order valence-corrected chi connectivity index (χ3v) is 3.23. The van der Waals surface area contributed by atoms with Gasteiger partial charge in [-0.2, -0.15) is 0 Å². The van der Waals surface area contributed by atoms with Gasteiger partial charge in [0, 0.05) is 15.5 Å². The molecule has 2 aromatic carbocycles. The highest BCUT2D eigenvalue weighted by Crippen LogP contribution is 2.23. The van der Waals surface area contributed by atoms with Crippen molar-refractivity contribution in [2.24, 2.45) is 0 Å². The van der Waals surface area contributed by atoms with E-state index in [0.29, 0.717) is 11.3 Å². The van der Waals surface area contributed by atoms with Crippen LogP contribution in [0.3, 0.4) is 0 Å². The van der Waals surface area contributed by atoms with Gasteiger partial charge in [0.2, 0.25) is 0 Å². The molecule has 1 N–H and O–H groups in total. The standard InChI is InChI=1S/C15H10BrNO2/c16-11-7-6-10-8-14(19-13(10)9-11)15(18)17-12-4-2-1-3-5-12/h1-9H,(H,17,18). The number of furan rings is 1. The van der Waals surface area contributed by atoms with Crippen molar-refractivity contribution in [2.45, 2.75) is 0 Å². The van der Waals surface area contributed by atoms with Crippen LogP contribution in [0.25, 0.3) is 11.0 Å². The van der Waals surface area contributed by atoms with Crippen LogP contribution < -0.4 is 5.32 Å². The number of para-hydroxylation sites is 1. The van der Waals surface area contributed by atoms with E-state index in [0.717, 1.165) is 15.5 Å². The molecule has 0 fully saturated rings. The topological polar surface area (TPSA) is 42.2 Å². The summed E-state index contributed by atoms with van der Waals surface area (Å²) < 4.78 is 6.46. The molecule has 0 aliphatic rings. The molecule has 0 spiro atoms. The summed E-state index contributed by atoms with van der Waals surface area (Å²) in [6, 6.07) is 16.7. The molecule has 1 aromatic heterocycles. The smallest absolute Gasteiger partial charge is 0.291 e. The molecule has 0 bridgehead atoms. The summed E-state index contributed by atoms with van der Waals surface area (Å²) >= 11 is 3.37. The molecular weight excluding hydrogens is 306 g/mol. The van der Waals surface area contributed by atoms with Gasteiger partial charge in [-0.15, -0.1) is 0 Å². The molecule has 19 heavy (non-hydrogen) atoms. The van der Waals surface area contributed by atoms with Gasteiger partial charge in [0.05, 0.1) is 0 Å². The maximum atomic E-state index is 12.1. The molecule has 0 radical (unpaired) electrons. The minimum atomic E-state index is -0.251. The van der Waals surface area contributed by atoms with Crippen LogP contribution in [0.15, 0.2) is 63.5 Å². The number of nitrogens with one attached hydrogen (secondary N) is 1. The summed E-state index contributed by atoms with van der Waals surface area (Å²) in [5, 5.41) is 3.69. The molecule has 3 aromatic rings. The van der Waals surface area contributed by atoms with E-state index in [1.54, 1.807) is 6.07 Å². The number of anilines is 1. The zero-order valence-corrected chi connectivity index (χ0v) is 11.5. The summed E-state index contributed by atoms with van der Waals surface area (Å²) in [5.41, 5.74) is 1.43. The molecule has 0 saturated heterocycles. The lowest BCUT2D eigenvalue weighted by Gasteiger charge is -2.01. The van der Waals surface area contributed by atoms with Crippen LogP contribution >= 0.6 is 15.9 Å². The van der Waals surface area contributed by atoms with Crippen LogP contribution in [-0.4, -0.2) is 5.91 Å². The first-order chi connectivity index (χ1) is 9.22. The van der Waals surface area contributed by atoms with Crippen molar-refractivity contribution >= 4 is 38.5 Å². The predicted octanol–water partition coefficient (Wildman–Crippen LogP) is 4.45. The minimum absolute atomic E-state index is 0.251. The Balaban J connectivity index is 1.89. The molecule has 0 aliphatic heterocycles. The molecule has 0 atom stereocenters. The summed E-state index contributed by atoms with van der Waals surface area (Å²) in [6.07, 6.45) is 0. The van der Waals surface area contributed by atoms with Crippen LogP contribution in [0.4, 0.5) is 5.69 Å². The summed E-state index contributed by atoms with van der Waals surface area (Å²) in [4.78, 5) is 12.1. The van der Waals surface area contributed by atoms with E-state index in [4.69, 9.17) is 4.42 Å². The van der Waals surface area contributed by atoms with Crippen molar-refractivity contribution in [2.75, 3.05) is 5.32 Å². The van der Waals surface area contributed by atoms with Crippen molar-refractivity contribution in [3.8, 4) is 0 Å². The minimum Gasteiger partial charge on any atom is -0.451 e. The summed E-state index contributed by atoms with van der Waals surface area (Å²) in [5.74, 6) is 0.0514. The highest BCUT2D eigenvalue weighted by atomic mass is 79.9. The monoisotopic (exact) mass is 315 g/mol. The number of halogens is 1. The Labute approximate surface area is 118 Å². The second-order valence-corrected chi connectivity index (χ2v) is 5.03. The molecule has 4 heteroatoms. The number of benzene rings is 2. The molecular formula is C15H10BrNO2. The average Bonchev–Trinajstić information content (AvgIpc) is 2.83. The van der Waals surface area contributed by atoms with Gasteiger partial charge in [0.25, 0.3) is 5.91 Å². The number of fused-ring (bicyclic) bond motifs is 1. The van der Waals surface area contributed by atoms with Crippen LogP contribution in [-0.2, 0) is 0 Å². The number of rotatable bonds is 2. The number of hydrogen-bond donors (Lipinski definition) is 1. The van der Waals surface area contributed by atoms with Gasteiger partial charge in [-0.1, -0.05) is 34.1 Å². The molecule has 1 heterocycles. The molecule has 1 amide bonds. The second-order valence-electron chi connectivity index (χ2n) is 4.11. The Morgan fingerprint density at radius 2 is 1.84 bits per heavy atom. The Kier molecular flexibility index (Phi) is 3.09. The first-order valence-corrected chi connectivity index (χ1v) is 6.57. The zero-order valence-electron chi connectivity index (χ0n) is 9.89. The summed E-state index contributed by atoms with van der Waals surface area (Å²) in [6.45, 7) is 0. The van der Waals surface area contributed by atoms with E-state index in [-0.39, 0.29) is 5.91 Å². The Bertz CT molecular complexity index is 734. The van der Waals surface area contributed by atoms with Crippen LogP contribution in [0.1, 0.15) is 10.6 Å². The lowest BCUT2D eigenvalue weighted by Crippen LogP contribution is -2.10. The quantitative estimate of drug-likeness (QED) is 0.759. The lowest BCUT2D eigenvalue weighted by atomic mass is 10.2. The van der Waals surface area contributed by atoms with Gasteiger partial charge in [-0.3, -0.25) is 4.79 Å². The molecule has 0 unspecified atom stereocenters. The normalized spacial score (nSPS) is 10.6.